The van der Waals surface area contributed by atoms with Gasteiger partial charge in [0.05, 0.1) is 27.2 Å². The van der Waals surface area contributed by atoms with E-state index in [-0.39, 0.29) is 70.2 Å². The molecule has 0 saturated carbocycles. The van der Waals surface area contributed by atoms with Crippen molar-refractivity contribution in [2.24, 2.45) is 0 Å². The fourth-order valence-corrected chi connectivity index (χ4v) is 5.92. The van der Waals surface area contributed by atoms with Crippen LogP contribution in [0.1, 0.15) is 57.0 Å². The number of carbonyl (C=O) groups is 1. The van der Waals surface area contributed by atoms with Crippen LogP contribution in [0.3, 0.4) is 0 Å². The highest BCUT2D eigenvalue weighted by molar-refractivity contribution is 6.03. The summed E-state index contributed by atoms with van der Waals surface area (Å²) < 4.78 is 22.9. The Kier molecular flexibility index (Phi) is 6.61. The van der Waals surface area contributed by atoms with Crippen LogP contribution in [0, 0.1) is 0 Å². The van der Waals surface area contributed by atoms with Gasteiger partial charge < -0.3 is 44.5 Å². The van der Waals surface area contributed by atoms with E-state index in [9.17, 15) is 30.3 Å². The molecule has 0 radical (unpaired) electrons. The van der Waals surface area contributed by atoms with Crippen molar-refractivity contribution in [3.8, 4) is 51.7 Å². The molecule has 0 bridgehead atoms. The monoisotopic (exact) mass is 572 g/mol. The fourth-order valence-electron chi connectivity index (χ4n) is 5.92. The molecule has 5 N–H and O–H groups in total. The Morgan fingerprint density at radius 3 is 2.21 bits per heavy atom. The molecule has 2 aliphatic rings. The van der Waals surface area contributed by atoms with Gasteiger partial charge in [0.25, 0.3) is 0 Å². The zero-order chi connectivity index (χ0) is 29.7. The number of phenols is 5. The van der Waals surface area contributed by atoms with Crippen LogP contribution in [-0.4, -0.2) is 52.1 Å². The second kappa shape index (κ2) is 10.3. The van der Waals surface area contributed by atoms with Crippen molar-refractivity contribution in [3.63, 3.8) is 0 Å². The van der Waals surface area contributed by atoms with Gasteiger partial charge >= 0.3 is 0 Å². The van der Waals surface area contributed by atoms with E-state index in [0.29, 0.717) is 22.4 Å². The molecule has 4 aromatic rings. The molecule has 10 heteroatoms. The van der Waals surface area contributed by atoms with Crippen molar-refractivity contribution in [1.29, 1.82) is 0 Å². The molecule has 0 spiro atoms. The number of ether oxygens (including phenoxy) is 4. The van der Waals surface area contributed by atoms with Crippen molar-refractivity contribution in [2.75, 3.05) is 20.8 Å². The molecule has 4 aromatic carbocycles. The molecule has 0 saturated heterocycles. The van der Waals surface area contributed by atoms with E-state index in [0.717, 1.165) is 0 Å². The molecule has 2 aliphatic heterocycles. The van der Waals surface area contributed by atoms with Gasteiger partial charge in [0.2, 0.25) is 5.75 Å². The van der Waals surface area contributed by atoms with Crippen molar-refractivity contribution in [1.82, 2.24) is 0 Å². The van der Waals surface area contributed by atoms with Crippen molar-refractivity contribution in [3.05, 3.63) is 88.5 Å². The van der Waals surface area contributed by atoms with Crippen LogP contribution in [0.2, 0.25) is 0 Å². The van der Waals surface area contributed by atoms with E-state index in [1.54, 1.807) is 30.3 Å². The Labute approximate surface area is 240 Å². The van der Waals surface area contributed by atoms with Gasteiger partial charge in [-0.1, -0.05) is 24.3 Å². The highest BCUT2D eigenvalue weighted by Gasteiger charge is 2.42. The zero-order valence-electron chi connectivity index (χ0n) is 22.7. The Balaban J connectivity index is 1.51. The first kappa shape index (κ1) is 26.9. The van der Waals surface area contributed by atoms with Gasteiger partial charge in [-0.05, 0) is 29.8 Å². The summed E-state index contributed by atoms with van der Waals surface area (Å²) in [5.41, 5.74) is 1.68. The average molecular weight is 573 g/mol. The maximum atomic E-state index is 13.5. The van der Waals surface area contributed by atoms with E-state index >= 15 is 0 Å². The smallest absolute Gasteiger partial charge is 0.201 e. The van der Waals surface area contributed by atoms with Gasteiger partial charge in [0.15, 0.2) is 17.3 Å². The molecule has 42 heavy (non-hydrogen) atoms. The maximum absolute atomic E-state index is 13.5. The summed E-state index contributed by atoms with van der Waals surface area (Å²) in [5.74, 6) is -2.09. The van der Waals surface area contributed by atoms with Gasteiger partial charge in [0.1, 0.15) is 46.2 Å². The first-order valence-corrected chi connectivity index (χ1v) is 13.2. The van der Waals surface area contributed by atoms with Gasteiger partial charge in [-0.3, -0.25) is 4.79 Å². The lowest BCUT2D eigenvalue weighted by Gasteiger charge is -2.36. The topological polar surface area (TPSA) is 155 Å². The standard InChI is InChI=1S/C32H28O10/c1-39-23-10-9-18(32(40-2)30(23)37)20-14-41-25-11-17(34)7-8-19(25)27(20)29-22(36)13-26-28(31(29)38)21(35)12-24(42-26)15-3-5-16(33)6-4-15/h3-11,13,20,24,27,33-34,36-38H,12,14H2,1-2H3. The largest absolute Gasteiger partial charge is 0.508 e. The molecule has 0 aliphatic carbocycles. The lowest BCUT2D eigenvalue weighted by atomic mass is 9.74. The first-order valence-electron chi connectivity index (χ1n) is 13.2. The quantitative estimate of drug-likeness (QED) is 0.214. The van der Waals surface area contributed by atoms with Crippen LogP contribution in [0.25, 0.3) is 0 Å². The maximum Gasteiger partial charge on any atom is 0.201 e. The number of benzene rings is 4. The molecular formula is C32H28O10. The number of Topliss-reactive ketones (excluding diaryl/α,β-unsaturated/α-hetero) is 1. The van der Waals surface area contributed by atoms with E-state index in [1.807, 2.05) is 0 Å². The molecular weight excluding hydrogens is 544 g/mol. The Morgan fingerprint density at radius 1 is 0.786 bits per heavy atom. The fraction of sp³-hybridized carbons (Fsp3) is 0.219. The summed E-state index contributed by atoms with van der Waals surface area (Å²) in [4.78, 5) is 13.5. The van der Waals surface area contributed by atoms with E-state index < -0.39 is 23.7 Å². The summed E-state index contributed by atoms with van der Waals surface area (Å²) in [5, 5.41) is 53.6. The van der Waals surface area contributed by atoms with Gasteiger partial charge in [-0.15, -0.1) is 0 Å². The van der Waals surface area contributed by atoms with Crippen LogP contribution in [0.4, 0.5) is 0 Å². The second-order valence-corrected chi connectivity index (χ2v) is 10.2. The highest BCUT2D eigenvalue weighted by atomic mass is 16.5. The van der Waals surface area contributed by atoms with Gasteiger partial charge in [-0.2, -0.15) is 0 Å². The molecule has 0 amide bonds. The summed E-state index contributed by atoms with van der Waals surface area (Å²) in [6.07, 6.45) is -0.751. The number of methoxy groups -OCH3 is 2. The number of hydrogen-bond donors (Lipinski definition) is 5. The van der Waals surface area contributed by atoms with Crippen molar-refractivity contribution in [2.45, 2.75) is 24.4 Å². The van der Waals surface area contributed by atoms with E-state index in [4.69, 9.17) is 18.9 Å². The number of rotatable bonds is 5. The Hall–Kier alpha value is -5.25. The number of ketones is 1. The number of aromatic hydroxyl groups is 5. The molecule has 3 atom stereocenters. The molecule has 216 valence electrons. The minimum absolute atomic E-state index is 0.0204. The molecule has 2 heterocycles. The summed E-state index contributed by atoms with van der Waals surface area (Å²) in [6.45, 7) is 0.0204. The third kappa shape index (κ3) is 4.32. The molecule has 3 unspecified atom stereocenters. The van der Waals surface area contributed by atoms with Gasteiger partial charge in [0, 0.05) is 40.7 Å². The lowest BCUT2D eigenvalue weighted by molar-refractivity contribution is 0.0844. The summed E-state index contributed by atoms with van der Waals surface area (Å²) in [6, 6.07) is 15.4. The second-order valence-electron chi connectivity index (χ2n) is 10.2. The zero-order valence-corrected chi connectivity index (χ0v) is 22.7. The van der Waals surface area contributed by atoms with Crippen molar-refractivity contribution < 1.29 is 49.3 Å². The molecule has 6 rings (SSSR count). The average Bonchev–Trinajstić information content (AvgIpc) is 2.96. The molecule has 10 nitrogen and oxygen atoms in total. The minimum Gasteiger partial charge on any atom is -0.508 e. The SMILES string of the molecule is COc1ccc(C2COc3cc(O)ccc3C2c2c(O)cc3c(c2O)C(=O)CC(c2ccc(O)cc2)O3)c(OC)c1O. The Bertz CT molecular complexity index is 1700. The normalized spacial score (nSPS) is 19.2. The molecule has 0 aromatic heterocycles. The van der Waals surface area contributed by atoms with E-state index in [2.05, 4.69) is 0 Å². The third-order valence-electron chi connectivity index (χ3n) is 7.88. The molecule has 0 fully saturated rings. The lowest BCUT2D eigenvalue weighted by Crippen LogP contribution is -2.27. The van der Waals surface area contributed by atoms with Crippen LogP contribution in [0.5, 0.6) is 51.7 Å². The summed E-state index contributed by atoms with van der Waals surface area (Å²) in [7, 11) is 2.81. The Morgan fingerprint density at radius 2 is 1.50 bits per heavy atom. The van der Waals surface area contributed by atoms with Crippen LogP contribution >= 0.6 is 0 Å². The predicted octanol–water partition coefficient (Wildman–Crippen LogP) is 5.25. The predicted molar refractivity (Wildman–Crippen MR) is 150 cm³/mol. The number of phenolic OH excluding ortho intramolecular Hbond substituents is 5. The number of fused-ring (bicyclic) bond motifs is 2. The number of hydrogen-bond acceptors (Lipinski definition) is 10. The minimum atomic E-state index is -0.802. The first-order chi connectivity index (χ1) is 20.2. The number of carbonyl (C=O) groups excluding carboxylic acids is 1. The van der Waals surface area contributed by atoms with Crippen LogP contribution < -0.4 is 18.9 Å². The van der Waals surface area contributed by atoms with Gasteiger partial charge in [-0.25, -0.2) is 0 Å². The summed E-state index contributed by atoms with van der Waals surface area (Å²) >= 11 is 0. The highest BCUT2D eigenvalue weighted by Crippen LogP contribution is 2.57. The third-order valence-corrected chi connectivity index (χ3v) is 7.88. The van der Waals surface area contributed by atoms with Crippen molar-refractivity contribution >= 4 is 5.78 Å². The van der Waals surface area contributed by atoms with E-state index in [1.165, 1.54) is 44.6 Å². The van der Waals surface area contributed by atoms with Crippen LogP contribution in [0.15, 0.2) is 60.7 Å². The van der Waals surface area contributed by atoms with Crippen LogP contribution in [-0.2, 0) is 0 Å².